The second-order valence-electron chi connectivity index (χ2n) is 3.89. The molecule has 1 N–H and O–H groups in total. The van der Waals surface area contributed by atoms with Crippen molar-refractivity contribution in [3.63, 3.8) is 0 Å². The van der Waals surface area contributed by atoms with Gasteiger partial charge in [-0.05, 0) is 11.6 Å². The molecule has 0 saturated carbocycles. The van der Waals surface area contributed by atoms with E-state index in [1.54, 1.807) is 30.2 Å². The first-order valence-corrected chi connectivity index (χ1v) is 5.55. The second kappa shape index (κ2) is 4.85. The van der Waals surface area contributed by atoms with E-state index in [1.165, 1.54) is 12.1 Å². The molecule has 0 bridgehead atoms. The molecule has 3 nitrogen and oxygen atoms in total. The molecule has 0 saturated heterocycles. The molecule has 1 atom stereocenters. The highest BCUT2D eigenvalue weighted by Crippen LogP contribution is 2.27. The summed E-state index contributed by atoms with van der Waals surface area (Å²) in [6, 6.07) is 4.41. The number of aliphatic hydroxyl groups excluding tert-OH is 1. The maximum atomic E-state index is 13.2. The maximum Gasteiger partial charge on any atom is 0.142 e. The molecule has 0 aliphatic heterocycles. The Labute approximate surface area is 103 Å². The number of halogens is 2. The summed E-state index contributed by atoms with van der Waals surface area (Å²) in [7, 11) is 1.80. The largest absolute Gasteiger partial charge is 0.388 e. The van der Waals surface area contributed by atoms with E-state index in [1.807, 2.05) is 0 Å². The highest BCUT2D eigenvalue weighted by atomic mass is 35.5. The molecule has 0 radical (unpaired) electrons. The fourth-order valence-electron chi connectivity index (χ4n) is 1.69. The molecule has 0 amide bonds. The van der Waals surface area contributed by atoms with Crippen LogP contribution in [-0.2, 0) is 13.5 Å². The van der Waals surface area contributed by atoms with Crippen LogP contribution in [0.2, 0.25) is 5.02 Å². The highest BCUT2D eigenvalue weighted by Gasteiger charge is 2.15. The van der Waals surface area contributed by atoms with E-state index in [0.29, 0.717) is 12.0 Å². The van der Waals surface area contributed by atoms with E-state index in [2.05, 4.69) is 5.10 Å². The summed E-state index contributed by atoms with van der Waals surface area (Å²) in [5, 5.41) is 14.0. The molecule has 90 valence electrons. The van der Waals surface area contributed by atoms with E-state index >= 15 is 0 Å². The zero-order chi connectivity index (χ0) is 12.4. The molecular weight excluding hydrogens is 243 g/mol. The summed E-state index contributed by atoms with van der Waals surface area (Å²) in [6.45, 7) is 0. The van der Waals surface area contributed by atoms with Crippen LogP contribution in [0.5, 0.6) is 0 Å². The van der Waals surface area contributed by atoms with Crippen molar-refractivity contribution in [1.29, 1.82) is 0 Å². The lowest BCUT2D eigenvalue weighted by Crippen LogP contribution is -2.03. The summed E-state index contributed by atoms with van der Waals surface area (Å²) in [5.41, 5.74) is 1.27. The van der Waals surface area contributed by atoms with Crippen LogP contribution < -0.4 is 0 Å². The standard InChI is InChI=1S/C12H12ClFN2O/c1-16-7-8(6-15-16)5-11(17)9-3-2-4-10(14)12(9)13/h2-4,6-7,11,17H,5H2,1H3. The first-order valence-electron chi connectivity index (χ1n) is 5.17. The van der Waals surface area contributed by atoms with Crippen molar-refractivity contribution in [3.8, 4) is 0 Å². The number of aliphatic hydroxyl groups is 1. The fourth-order valence-corrected chi connectivity index (χ4v) is 1.94. The Balaban J connectivity index is 2.20. The van der Waals surface area contributed by atoms with E-state index in [4.69, 9.17) is 11.6 Å². The van der Waals surface area contributed by atoms with Gasteiger partial charge in [-0.15, -0.1) is 0 Å². The lowest BCUT2D eigenvalue weighted by molar-refractivity contribution is 0.178. The first-order chi connectivity index (χ1) is 8.08. The van der Waals surface area contributed by atoms with E-state index in [-0.39, 0.29) is 5.02 Å². The molecule has 5 heteroatoms. The second-order valence-corrected chi connectivity index (χ2v) is 4.26. The Bertz CT molecular complexity index is 527. The summed E-state index contributed by atoms with van der Waals surface area (Å²) in [5.74, 6) is -0.519. The summed E-state index contributed by atoms with van der Waals surface area (Å²) < 4.78 is 14.9. The Morgan fingerprint density at radius 3 is 2.94 bits per heavy atom. The van der Waals surface area contributed by atoms with Gasteiger partial charge in [-0.2, -0.15) is 5.10 Å². The van der Waals surface area contributed by atoms with Gasteiger partial charge in [0, 0.05) is 25.2 Å². The Morgan fingerprint density at radius 1 is 1.53 bits per heavy atom. The molecule has 17 heavy (non-hydrogen) atoms. The van der Waals surface area contributed by atoms with E-state index in [0.717, 1.165) is 5.56 Å². The normalized spacial score (nSPS) is 12.7. The van der Waals surface area contributed by atoms with Gasteiger partial charge in [-0.3, -0.25) is 4.68 Å². The smallest absolute Gasteiger partial charge is 0.142 e. The first kappa shape index (κ1) is 12.1. The third-order valence-electron chi connectivity index (χ3n) is 2.53. The molecule has 0 aliphatic rings. The average Bonchev–Trinajstić information content (AvgIpc) is 2.68. The molecular formula is C12H12ClFN2O. The number of hydrogen-bond acceptors (Lipinski definition) is 2. The number of hydrogen-bond donors (Lipinski definition) is 1. The molecule has 0 spiro atoms. The van der Waals surface area contributed by atoms with Crippen molar-refractivity contribution < 1.29 is 9.50 Å². The summed E-state index contributed by atoms with van der Waals surface area (Å²) in [6.07, 6.45) is 2.99. The molecule has 0 aliphatic carbocycles. The topological polar surface area (TPSA) is 38.0 Å². The third-order valence-corrected chi connectivity index (χ3v) is 2.93. The highest BCUT2D eigenvalue weighted by molar-refractivity contribution is 6.31. The minimum Gasteiger partial charge on any atom is -0.388 e. The SMILES string of the molecule is Cn1cc(CC(O)c2cccc(F)c2Cl)cn1. The number of aromatic nitrogens is 2. The van der Waals surface area contributed by atoms with Crippen molar-refractivity contribution in [2.75, 3.05) is 0 Å². The predicted octanol–water partition coefficient (Wildman–Crippen LogP) is 2.49. The summed E-state index contributed by atoms with van der Waals surface area (Å²) >= 11 is 5.80. The fraction of sp³-hybridized carbons (Fsp3) is 0.250. The number of aryl methyl sites for hydroxylation is 1. The third kappa shape index (κ3) is 2.65. The molecule has 1 heterocycles. The van der Waals surface area contributed by atoms with Crippen LogP contribution in [0.25, 0.3) is 0 Å². The number of nitrogens with zero attached hydrogens (tertiary/aromatic N) is 2. The summed E-state index contributed by atoms with van der Waals surface area (Å²) in [4.78, 5) is 0. The average molecular weight is 255 g/mol. The molecule has 2 aromatic rings. The van der Waals surface area contributed by atoms with Gasteiger partial charge < -0.3 is 5.11 Å². The van der Waals surface area contributed by atoms with Crippen molar-refractivity contribution in [1.82, 2.24) is 9.78 Å². The van der Waals surface area contributed by atoms with E-state index < -0.39 is 11.9 Å². The van der Waals surface area contributed by atoms with Gasteiger partial charge in [0.2, 0.25) is 0 Å². The van der Waals surface area contributed by atoms with Crippen molar-refractivity contribution in [2.24, 2.45) is 7.05 Å². The van der Waals surface area contributed by atoms with Crippen molar-refractivity contribution in [2.45, 2.75) is 12.5 Å². The van der Waals surface area contributed by atoms with Crippen LogP contribution in [-0.4, -0.2) is 14.9 Å². The molecule has 1 aromatic carbocycles. The zero-order valence-electron chi connectivity index (χ0n) is 9.27. The van der Waals surface area contributed by atoms with Gasteiger partial charge >= 0.3 is 0 Å². The Hall–Kier alpha value is -1.39. The van der Waals surface area contributed by atoms with Crippen LogP contribution in [0.3, 0.4) is 0 Å². The zero-order valence-corrected chi connectivity index (χ0v) is 10.0. The predicted molar refractivity (Wildman–Crippen MR) is 63.3 cm³/mol. The van der Waals surface area contributed by atoms with Crippen LogP contribution in [0.4, 0.5) is 4.39 Å². The van der Waals surface area contributed by atoms with E-state index in [9.17, 15) is 9.50 Å². The Kier molecular flexibility index (Phi) is 3.45. The van der Waals surface area contributed by atoms with Gasteiger partial charge in [-0.25, -0.2) is 4.39 Å². The monoisotopic (exact) mass is 254 g/mol. The minimum absolute atomic E-state index is 0.0242. The van der Waals surface area contributed by atoms with Gasteiger partial charge in [0.05, 0.1) is 17.3 Å². The van der Waals surface area contributed by atoms with Crippen molar-refractivity contribution >= 4 is 11.6 Å². The van der Waals surface area contributed by atoms with Gasteiger partial charge in [0.25, 0.3) is 0 Å². The number of rotatable bonds is 3. The molecule has 0 fully saturated rings. The van der Waals surface area contributed by atoms with Crippen LogP contribution in [0.15, 0.2) is 30.6 Å². The minimum atomic E-state index is -0.831. The number of benzene rings is 1. The quantitative estimate of drug-likeness (QED) is 0.914. The lowest BCUT2D eigenvalue weighted by atomic mass is 10.0. The molecule has 2 rings (SSSR count). The van der Waals surface area contributed by atoms with Crippen LogP contribution >= 0.6 is 11.6 Å². The molecule has 1 aromatic heterocycles. The Morgan fingerprint density at radius 2 is 2.29 bits per heavy atom. The van der Waals surface area contributed by atoms with Crippen molar-refractivity contribution in [3.05, 3.63) is 52.6 Å². The molecule has 1 unspecified atom stereocenters. The van der Waals surface area contributed by atoms with Crippen LogP contribution in [0, 0.1) is 5.82 Å². The van der Waals surface area contributed by atoms with Gasteiger partial charge in [-0.1, -0.05) is 23.7 Å². The van der Waals surface area contributed by atoms with Gasteiger partial charge in [0.1, 0.15) is 5.82 Å². The van der Waals surface area contributed by atoms with Gasteiger partial charge in [0.15, 0.2) is 0 Å². The lowest BCUT2D eigenvalue weighted by Gasteiger charge is -2.11. The maximum absolute atomic E-state index is 13.2. The van der Waals surface area contributed by atoms with Crippen LogP contribution in [0.1, 0.15) is 17.2 Å².